The minimum atomic E-state index is -0.235. The lowest BCUT2D eigenvalue weighted by Crippen LogP contribution is -2.43. The molecule has 0 spiro atoms. The molecule has 6 heteroatoms. The van der Waals surface area contributed by atoms with E-state index in [1.807, 2.05) is 39.0 Å². The largest absolute Gasteiger partial charge is 0.327 e. The van der Waals surface area contributed by atoms with Crippen LogP contribution in [-0.2, 0) is 4.79 Å². The number of aryl methyl sites for hydroxylation is 1. The van der Waals surface area contributed by atoms with Crippen LogP contribution in [0, 0.1) is 6.92 Å². The molecule has 2 rings (SSSR count). The van der Waals surface area contributed by atoms with Gasteiger partial charge in [0.15, 0.2) is 5.13 Å². The third-order valence-corrected chi connectivity index (χ3v) is 4.33. The van der Waals surface area contributed by atoms with E-state index < -0.39 is 0 Å². The van der Waals surface area contributed by atoms with Crippen molar-refractivity contribution in [3.8, 4) is 0 Å². The number of rotatable bonds is 6. The Morgan fingerprint density at radius 1 is 1.39 bits per heavy atom. The zero-order valence-electron chi connectivity index (χ0n) is 13.6. The maximum atomic E-state index is 12.8. The number of hydrogen-bond acceptors (Lipinski definition) is 4. The van der Waals surface area contributed by atoms with E-state index in [2.05, 4.69) is 10.3 Å². The van der Waals surface area contributed by atoms with E-state index >= 15 is 0 Å². The van der Waals surface area contributed by atoms with E-state index in [0.717, 1.165) is 12.0 Å². The molecule has 2 aromatic rings. The van der Waals surface area contributed by atoms with Crippen molar-refractivity contribution in [2.45, 2.75) is 33.2 Å². The van der Waals surface area contributed by atoms with Crippen LogP contribution in [0.5, 0.6) is 0 Å². The van der Waals surface area contributed by atoms with Crippen molar-refractivity contribution in [3.05, 3.63) is 47.0 Å². The molecule has 1 N–H and O–H groups in total. The lowest BCUT2D eigenvalue weighted by Gasteiger charge is -2.28. The second-order valence-electron chi connectivity index (χ2n) is 5.45. The van der Waals surface area contributed by atoms with Gasteiger partial charge < -0.3 is 10.2 Å². The normalized spacial score (nSPS) is 11.8. The van der Waals surface area contributed by atoms with E-state index in [1.54, 1.807) is 22.5 Å². The Bertz CT molecular complexity index is 670. The van der Waals surface area contributed by atoms with Gasteiger partial charge in [-0.1, -0.05) is 24.6 Å². The lowest BCUT2D eigenvalue weighted by atomic mass is 10.1. The number of amides is 2. The molecule has 2 amide bonds. The number of carbonyl (C=O) groups is 2. The van der Waals surface area contributed by atoms with Crippen LogP contribution in [0.2, 0.25) is 0 Å². The molecule has 0 radical (unpaired) electrons. The summed E-state index contributed by atoms with van der Waals surface area (Å²) in [5.74, 6) is -0.362. The Kier molecular flexibility index (Phi) is 5.87. The number of thiazole rings is 1. The van der Waals surface area contributed by atoms with Gasteiger partial charge in [-0.2, -0.15) is 0 Å². The smallest absolute Gasteiger partial charge is 0.254 e. The fraction of sp³-hybridized carbons (Fsp3) is 0.353. The highest BCUT2D eigenvalue weighted by molar-refractivity contribution is 7.13. The molecule has 1 atom stereocenters. The molecule has 0 aliphatic heterocycles. The van der Waals surface area contributed by atoms with Crippen molar-refractivity contribution in [3.63, 3.8) is 0 Å². The zero-order valence-corrected chi connectivity index (χ0v) is 14.4. The van der Waals surface area contributed by atoms with E-state index in [-0.39, 0.29) is 24.4 Å². The van der Waals surface area contributed by atoms with Crippen LogP contribution in [0.3, 0.4) is 0 Å². The van der Waals surface area contributed by atoms with Gasteiger partial charge in [0, 0.05) is 23.2 Å². The van der Waals surface area contributed by atoms with E-state index in [4.69, 9.17) is 0 Å². The van der Waals surface area contributed by atoms with Crippen molar-refractivity contribution in [1.82, 2.24) is 9.88 Å². The number of benzene rings is 1. The summed E-state index contributed by atoms with van der Waals surface area (Å²) in [5, 5.41) is 5.06. The highest BCUT2D eigenvalue weighted by atomic mass is 32.1. The van der Waals surface area contributed by atoms with Gasteiger partial charge >= 0.3 is 0 Å². The summed E-state index contributed by atoms with van der Waals surface area (Å²) < 4.78 is 0. The third-order valence-electron chi connectivity index (χ3n) is 3.64. The number of nitrogens with one attached hydrogen (secondary N) is 1. The zero-order chi connectivity index (χ0) is 16.8. The number of anilines is 1. The van der Waals surface area contributed by atoms with Crippen LogP contribution >= 0.6 is 11.3 Å². The highest BCUT2D eigenvalue weighted by Gasteiger charge is 2.23. The van der Waals surface area contributed by atoms with Crippen LogP contribution < -0.4 is 5.32 Å². The first-order valence-corrected chi connectivity index (χ1v) is 8.46. The molecule has 1 unspecified atom stereocenters. The quantitative estimate of drug-likeness (QED) is 0.883. The first-order chi connectivity index (χ1) is 11.0. The molecule has 23 heavy (non-hydrogen) atoms. The Morgan fingerprint density at radius 3 is 2.78 bits per heavy atom. The average Bonchev–Trinajstić information content (AvgIpc) is 3.04. The molecule has 5 nitrogen and oxygen atoms in total. The molecule has 0 saturated heterocycles. The number of carbonyl (C=O) groups excluding carboxylic acids is 2. The Morgan fingerprint density at radius 2 is 2.17 bits per heavy atom. The van der Waals surface area contributed by atoms with Crippen molar-refractivity contribution in [2.24, 2.45) is 0 Å². The van der Waals surface area contributed by atoms with Crippen LogP contribution in [0.25, 0.3) is 0 Å². The monoisotopic (exact) mass is 331 g/mol. The topological polar surface area (TPSA) is 62.3 Å². The molecule has 1 heterocycles. The van der Waals surface area contributed by atoms with Gasteiger partial charge in [0.05, 0.1) is 0 Å². The minimum Gasteiger partial charge on any atom is -0.327 e. The fourth-order valence-corrected chi connectivity index (χ4v) is 2.74. The molecule has 122 valence electrons. The van der Waals surface area contributed by atoms with E-state index in [1.165, 1.54) is 11.3 Å². The second kappa shape index (κ2) is 7.87. The summed E-state index contributed by atoms with van der Waals surface area (Å²) in [7, 11) is 0. The Labute approximate surface area is 140 Å². The maximum absolute atomic E-state index is 12.8. The SMILES string of the molecule is CCC(C)N(CC(=O)Nc1nccs1)C(=O)c1cccc(C)c1. The molecule has 0 aliphatic carbocycles. The predicted octanol–water partition coefficient (Wildman–Crippen LogP) is 3.33. The molecular formula is C17H21N3O2S. The van der Waals surface area contributed by atoms with Crippen molar-refractivity contribution in [1.29, 1.82) is 0 Å². The van der Waals surface area contributed by atoms with Gasteiger partial charge in [-0.3, -0.25) is 9.59 Å². The molecular weight excluding hydrogens is 310 g/mol. The lowest BCUT2D eigenvalue weighted by molar-refractivity contribution is -0.117. The first-order valence-electron chi connectivity index (χ1n) is 7.58. The molecule has 1 aromatic heterocycles. The van der Waals surface area contributed by atoms with Crippen LogP contribution in [0.15, 0.2) is 35.8 Å². The molecule has 0 saturated carbocycles. The van der Waals surface area contributed by atoms with Gasteiger partial charge in [0.25, 0.3) is 5.91 Å². The predicted molar refractivity (Wildman–Crippen MR) is 92.7 cm³/mol. The number of aromatic nitrogens is 1. The van der Waals surface area contributed by atoms with Crippen molar-refractivity contribution < 1.29 is 9.59 Å². The molecule has 1 aromatic carbocycles. The standard InChI is InChI=1S/C17H21N3O2S/c1-4-13(3)20(11-15(21)19-17-18-8-9-23-17)16(22)14-7-5-6-12(2)10-14/h5-10,13H,4,11H2,1-3H3,(H,18,19,21). The van der Waals surface area contributed by atoms with Crippen LogP contribution in [0.1, 0.15) is 36.2 Å². The van der Waals surface area contributed by atoms with Gasteiger partial charge in [-0.05, 0) is 32.4 Å². The summed E-state index contributed by atoms with van der Waals surface area (Å²) >= 11 is 1.35. The summed E-state index contributed by atoms with van der Waals surface area (Å²) in [6.45, 7) is 5.91. The number of hydrogen-bond donors (Lipinski definition) is 1. The second-order valence-corrected chi connectivity index (χ2v) is 6.34. The molecule has 0 aliphatic rings. The highest BCUT2D eigenvalue weighted by Crippen LogP contribution is 2.14. The number of nitrogens with zero attached hydrogens (tertiary/aromatic N) is 2. The van der Waals surface area contributed by atoms with Crippen LogP contribution in [-0.4, -0.2) is 34.3 Å². The van der Waals surface area contributed by atoms with E-state index in [9.17, 15) is 9.59 Å². The molecule has 0 fully saturated rings. The van der Waals surface area contributed by atoms with Gasteiger partial charge in [-0.25, -0.2) is 4.98 Å². The Hall–Kier alpha value is -2.21. The average molecular weight is 331 g/mol. The summed E-state index contributed by atoms with van der Waals surface area (Å²) in [6.07, 6.45) is 2.41. The van der Waals surface area contributed by atoms with Gasteiger partial charge in [-0.15, -0.1) is 11.3 Å². The molecule has 0 bridgehead atoms. The summed E-state index contributed by atoms with van der Waals surface area (Å²) in [6, 6.07) is 7.40. The van der Waals surface area contributed by atoms with Crippen molar-refractivity contribution >= 4 is 28.3 Å². The fourth-order valence-electron chi connectivity index (χ4n) is 2.19. The summed E-state index contributed by atoms with van der Waals surface area (Å²) in [4.78, 5) is 30.6. The van der Waals surface area contributed by atoms with Crippen molar-refractivity contribution in [2.75, 3.05) is 11.9 Å². The van der Waals surface area contributed by atoms with Crippen LogP contribution in [0.4, 0.5) is 5.13 Å². The van der Waals surface area contributed by atoms with Gasteiger partial charge in [0.1, 0.15) is 6.54 Å². The summed E-state index contributed by atoms with van der Waals surface area (Å²) in [5.41, 5.74) is 1.62. The maximum Gasteiger partial charge on any atom is 0.254 e. The Balaban J connectivity index is 2.13. The van der Waals surface area contributed by atoms with E-state index in [0.29, 0.717) is 10.7 Å². The minimum absolute atomic E-state index is 0.0152. The van der Waals surface area contributed by atoms with Gasteiger partial charge in [0.2, 0.25) is 5.91 Å². The third kappa shape index (κ3) is 4.63. The first kappa shape index (κ1) is 17.1.